The highest BCUT2D eigenvalue weighted by atomic mass is 16.5. The molecule has 0 aliphatic heterocycles. The Morgan fingerprint density at radius 3 is 2.56 bits per heavy atom. The second kappa shape index (κ2) is 9.11. The summed E-state index contributed by atoms with van der Waals surface area (Å²) < 4.78 is 4.83. The third-order valence-electron chi connectivity index (χ3n) is 2.00. The lowest BCUT2D eigenvalue weighted by molar-refractivity contribution is -0.126. The van der Waals surface area contributed by atoms with Crippen LogP contribution in [0.5, 0.6) is 0 Å². The number of amides is 2. The van der Waals surface area contributed by atoms with Crippen molar-refractivity contribution in [1.82, 2.24) is 10.6 Å². The van der Waals surface area contributed by atoms with Crippen LogP contribution in [-0.2, 0) is 14.3 Å². The van der Waals surface area contributed by atoms with Gasteiger partial charge < -0.3 is 21.1 Å². The Balaban J connectivity index is 3.92. The minimum absolute atomic E-state index is 0.0685. The van der Waals surface area contributed by atoms with Crippen LogP contribution in [-0.4, -0.2) is 44.7 Å². The van der Waals surface area contributed by atoms with Gasteiger partial charge in [0.1, 0.15) is 0 Å². The van der Waals surface area contributed by atoms with E-state index in [4.69, 9.17) is 10.5 Å². The SMILES string of the molecule is CCCNC(=O)CC(NCCOC)C(N)=O. The van der Waals surface area contributed by atoms with Gasteiger partial charge in [0.25, 0.3) is 0 Å². The molecule has 1 unspecified atom stereocenters. The molecule has 6 nitrogen and oxygen atoms in total. The molecule has 94 valence electrons. The average Bonchev–Trinajstić information content (AvgIpc) is 2.25. The normalized spacial score (nSPS) is 12.1. The number of primary amides is 1. The summed E-state index contributed by atoms with van der Waals surface area (Å²) in [7, 11) is 1.56. The van der Waals surface area contributed by atoms with Crippen LogP contribution in [0.3, 0.4) is 0 Å². The lowest BCUT2D eigenvalue weighted by atomic mass is 10.2. The summed E-state index contributed by atoms with van der Waals surface area (Å²) in [6, 6.07) is -0.632. The molecular weight excluding hydrogens is 210 g/mol. The van der Waals surface area contributed by atoms with Gasteiger partial charge in [-0.2, -0.15) is 0 Å². The van der Waals surface area contributed by atoms with Gasteiger partial charge in [0, 0.05) is 20.2 Å². The van der Waals surface area contributed by atoms with Crippen LogP contribution in [0.2, 0.25) is 0 Å². The van der Waals surface area contributed by atoms with E-state index >= 15 is 0 Å². The van der Waals surface area contributed by atoms with Crippen LogP contribution in [0.15, 0.2) is 0 Å². The van der Waals surface area contributed by atoms with Crippen molar-refractivity contribution in [3.63, 3.8) is 0 Å². The van der Waals surface area contributed by atoms with E-state index < -0.39 is 11.9 Å². The summed E-state index contributed by atoms with van der Waals surface area (Å²) in [5, 5.41) is 5.56. The smallest absolute Gasteiger partial charge is 0.235 e. The van der Waals surface area contributed by atoms with E-state index in [2.05, 4.69) is 10.6 Å². The summed E-state index contributed by atoms with van der Waals surface area (Å²) in [5.74, 6) is -0.696. The number of carbonyl (C=O) groups excluding carboxylic acids is 2. The van der Waals surface area contributed by atoms with Crippen molar-refractivity contribution in [3.8, 4) is 0 Å². The fraction of sp³-hybridized carbons (Fsp3) is 0.800. The molecule has 0 radical (unpaired) electrons. The van der Waals surface area contributed by atoms with Gasteiger partial charge in [-0.25, -0.2) is 0 Å². The summed E-state index contributed by atoms with van der Waals surface area (Å²) in [6.07, 6.45) is 0.934. The molecule has 0 aromatic heterocycles. The number of carbonyl (C=O) groups is 2. The molecule has 0 aromatic rings. The van der Waals surface area contributed by atoms with Gasteiger partial charge in [0.2, 0.25) is 11.8 Å². The van der Waals surface area contributed by atoms with E-state index in [1.54, 1.807) is 7.11 Å². The quantitative estimate of drug-likeness (QED) is 0.443. The largest absolute Gasteiger partial charge is 0.383 e. The minimum atomic E-state index is -0.632. The fourth-order valence-electron chi connectivity index (χ4n) is 1.13. The van der Waals surface area contributed by atoms with Crippen LogP contribution in [0.1, 0.15) is 19.8 Å². The van der Waals surface area contributed by atoms with Crippen molar-refractivity contribution in [2.24, 2.45) is 5.73 Å². The van der Waals surface area contributed by atoms with Gasteiger partial charge in [-0.15, -0.1) is 0 Å². The van der Waals surface area contributed by atoms with Crippen LogP contribution < -0.4 is 16.4 Å². The van der Waals surface area contributed by atoms with Crippen molar-refractivity contribution in [1.29, 1.82) is 0 Å². The number of rotatable bonds is 9. The fourth-order valence-corrected chi connectivity index (χ4v) is 1.13. The molecule has 0 bridgehead atoms. The lowest BCUT2D eigenvalue weighted by Gasteiger charge is -2.14. The van der Waals surface area contributed by atoms with E-state index in [0.717, 1.165) is 6.42 Å². The second-order valence-corrected chi connectivity index (χ2v) is 3.46. The molecule has 6 heteroatoms. The number of nitrogens with one attached hydrogen (secondary N) is 2. The zero-order valence-electron chi connectivity index (χ0n) is 9.91. The number of nitrogens with two attached hydrogens (primary N) is 1. The summed E-state index contributed by atoms with van der Waals surface area (Å²) >= 11 is 0. The van der Waals surface area contributed by atoms with Crippen molar-refractivity contribution >= 4 is 11.8 Å². The van der Waals surface area contributed by atoms with E-state index in [1.807, 2.05) is 6.92 Å². The van der Waals surface area contributed by atoms with Crippen molar-refractivity contribution in [2.45, 2.75) is 25.8 Å². The van der Waals surface area contributed by atoms with Crippen LogP contribution in [0.25, 0.3) is 0 Å². The Labute approximate surface area is 95.9 Å². The summed E-state index contributed by atoms with van der Waals surface area (Å²) in [5.41, 5.74) is 5.17. The molecule has 0 fully saturated rings. The van der Waals surface area contributed by atoms with Crippen molar-refractivity contribution in [3.05, 3.63) is 0 Å². The first-order chi connectivity index (χ1) is 7.61. The van der Waals surface area contributed by atoms with E-state index in [1.165, 1.54) is 0 Å². The topological polar surface area (TPSA) is 93.4 Å². The number of methoxy groups -OCH3 is 1. The molecule has 0 heterocycles. The molecule has 0 aliphatic rings. The van der Waals surface area contributed by atoms with Gasteiger partial charge in [-0.05, 0) is 6.42 Å². The molecule has 16 heavy (non-hydrogen) atoms. The zero-order chi connectivity index (χ0) is 12.4. The molecular formula is C10H21N3O3. The number of hydrogen-bond acceptors (Lipinski definition) is 4. The minimum Gasteiger partial charge on any atom is -0.383 e. The summed E-state index contributed by atoms with van der Waals surface area (Å²) in [4.78, 5) is 22.4. The maximum absolute atomic E-state index is 11.4. The first kappa shape index (κ1) is 14.9. The molecule has 2 amide bonds. The van der Waals surface area contributed by atoms with E-state index in [-0.39, 0.29) is 12.3 Å². The molecule has 1 atom stereocenters. The van der Waals surface area contributed by atoms with Gasteiger partial charge in [-0.1, -0.05) is 6.92 Å². The third kappa shape index (κ3) is 7.19. The average molecular weight is 231 g/mol. The lowest BCUT2D eigenvalue weighted by Crippen LogP contribution is -2.45. The molecule has 0 spiro atoms. The Hall–Kier alpha value is -1.14. The van der Waals surface area contributed by atoms with Crippen LogP contribution >= 0.6 is 0 Å². The monoisotopic (exact) mass is 231 g/mol. The Kier molecular flexibility index (Phi) is 8.46. The molecule has 4 N–H and O–H groups in total. The first-order valence-electron chi connectivity index (χ1n) is 5.40. The van der Waals surface area contributed by atoms with Gasteiger partial charge >= 0.3 is 0 Å². The zero-order valence-corrected chi connectivity index (χ0v) is 9.91. The Morgan fingerprint density at radius 2 is 2.06 bits per heavy atom. The highest BCUT2D eigenvalue weighted by Crippen LogP contribution is 1.91. The van der Waals surface area contributed by atoms with Crippen molar-refractivity contribution < 1.29 is 14.3 Å². The number of ether oxygens (including phenoxy) is 1. The van der Waals surface area contributed by atoms with Crippen LogP contribution in [0, 0.1) is 0 Å². The maximum atomic E-state index is 11.4. The molecule has 0 saturated carbocycles. The first-order valence-corrected chi connectivity index (χ1v) is 5.40. The predicted octanol–water partition coefficient (Wildman–Crippen LogP) is -1.01. The Morgan fingerprint density at radius 1 is 1.38 bits per heavy atom. The standard InChI is InChI=1S/C10H21N3O3/c1-3-4-13-9(14)7-8(10(11)15)12-5-6-16-2/h8,12H,3-7H2,1-2H3,(H2,11,15)(H,13,14). The van der Waals surface area contributed by atoms with Gasteiger partial charge in [0.05, 0.1) is 19.1 Å². The summed E-state index contributed by atoms with van der Waals surface area (Å²) in [6.45, 7) is 3.54. The molecule has 0 saturated heterocycles. The number of hydrogen-bond donors (Lipinski definition) is 3. The van der Waals surface area contributed by atoms with Gasteiger partial charge in [0.15, 0.2) is 0 Å². The third-order valence-corrected chi connectivity index (χ3v) is 2.00. The molecule has 0 rings (SSSR count). The van der Waals surface area contributed by atoms with Crippen LogP contribution in [0.4, 0.5) is 0 Å². The molecule has 0 aliphatic carbocycles. The second-order valence-electron chi connectivity index (χ2n) is 3.46. The van der Waals surface area contributed by atoms with E-state index in [0.29, 0.717) is 19.7 Å². The van der Waals surface area contributed by atoms with Gasteiger partial charge in [-0.3, -0.25) is 9.59 Å². The van der Waals surface area contributed by atoms with Crippen molar-refractivity contribution in [2.75, 3.05) is 26.8 Å². The molecule has 0 aromatic carbocycles. The highest BCUT2D eigenvalue weighted by Gasteiger charge is 2.17. The maximum Gasteiger partial charge on any atom is 0.235 e. The Bertz CT molecular complexity index is 221. The van der Waals surface area contributed by atoms with E-state index in [9.17, 15) is 9.59 Å². The predicted molar refractivity (Wildman–Crippen MR) is 60.8 cm³/mol. The highest BCUT2D eigenvalue weighted by molar-refractivity contribution is 5.87.